The van der Waals surface area contributed by atoms with Gasteiger partial charge in [0.25, 0.3) is 0 Å². The fourth-order valence-electron chi connectivity index (χ4n) is 1.61. The van der Waals surface area contributed by atoms with Crippen LogP contribution in [0, 0.1) is 0 Å². The molecule has 3 nitrogen and oxygen atoms in total. The molecular weight excluding hydrogens is 218 g/mol. The molecule has 1 unspecified atom stereocenters. The van der Waals surface area contributed by atoms with E-state index in [0.717, 1.165) is 18.0 Å². The zero-order valence-corrected chi connectivity index (χ0v) is 10.5. The molecule has 16 heavy (non-hydrogen) atoms. The van der Waals surface area contributed by atoms with Crippen LogP contribution in [0.25, 0.3) is 0 Å². The van der Waals surface area contributed by atoms with Crippen molar-refractivity contribution in [2.24, 2.45) is 0 Å². The van der Waals surface area contributed by atoms with Crippen LogP contribution >= 0.6 is 11.3 Å². The first-order chi connectivity index (χ1) is 7.74. The third kappa shape index (κ3) is 2.33. The molecule has 0 radical (unpaired) electrons. The molecule has 86 valence electrons. The van der Waals surface area contributed by atoms with Crippen LogP contribution in [0.5, 0.6) is 0 Å². The lowest BCUT2D eigenvalue weighted by atomic mass is 9.99. The molecule has 0 aliphatic rings. The molecule has 2 aromatic rings. The average Bonchev–Trinajstić information content (AvgIpc) is 2.98. The van der Waals surface area contributed by atoms with Crippen molar-refractivity contribution in [2.75, 3.05) is 0 Å². The van der Waals surface area contributed by atoms with Crippen molar-refractivity contribution in [2.45, 2.75) is 32.4 Å². The molecule has 4 heteroatoms. The maximum absolute atomic E-state index is 4.41. The van der Waals surface area contributed by atoms with E-state index in [9.17, 15) is 0 Å². The summed E-state index contributed by atoms with van der Waals surface area (Å²) >= 11 is 1.71. The van der Waals surface area contributed by atoms with Gasteiger partial charge in [-0.15, -0.1) is 11.3 Å². The van der Waals surface area contributed by atoms with Crippen molar-refractivity contribution in [1.29, 1.82) is 0 Å². The molecule has 0 aliphatic carbocycles. The number of aromatic amines is 1. The molecule has 2 rings (SSSR count). The van der Waals surface area contributed by atoms with Crippen molar-refractivity contribution >= 4 is 11.3 Å². The van der Waals surface area contributed by atoms with Gasteiger partial charge in [0.2, 0.25) is 0 Å². The Kier molecular flexibility index (Phi) is 3.41. The van der Waals surface area contributed by atoms with Gasteiger partial charge in [0.05, 0.1) is 5.54 Å². The lowest BCUT2D eigenvalue weighted by Crippen LogP contribution is -2.38. The molecule has 0 saturated carbocycles. The Balaban J connectivity index is 2.05. The normalized spacial score (nSPS) is 14.9. The van der Waals surface area contributed by atoms with Gasteiger partial charge in [0, 0.05) is 30.5 Å². The second-order valence-corrected chi connectivity index (χ2v) is 4.99. The molecule has 0 bridgehead atoms. The highest BCUT2D eigenvalue weighted by Crippen LogP contribution is 2.26. The monoisotopic (exact) mass is 235 g/mol. The summed E-state index contributed by atoms with van der Waals surface area (Å²) in [5.74, 6) is 0. The minimum atomic E-state index is -0.0224. The number of rotatable bonds is 5. The summed E-state index contributed by atoms with van der Waals surface area (Å²) in [6, 6.07) is 2.09. The van der Waals surface area contributed by atoms with Crippen molar-refractivity contribution in [1.82, 2.24) is 15.3 Å². The molecule has 0 aromatic carbocycles. The molecule has 0 aliphatic heterocycles. The van der Waals surface area contributed by atoms with E-state index in [1.54, 1.807) is 11.3 Å². The van der Waals surface area contributed by atoms with Gasteiger partial charge in [-0.1, -0.05) is 6.92 Å². The van der Waals surface area contributed by atoms with Gasteiger partial charge in [0.1, 0.15) is 5.01 Å². The van der Waals surface area contributed by atoms with Crippen LogP contribution < -0.4 is 5.32 Å². The quantitative estimate of drug-likeness (QED) is 0.836. The zero-order valence-electron chi connectivity index (χ0n) is 9.66. The summed E-state index contributed by atoms with van der Waals surface area (Å²) in [5.41, 5.74) is 1.25. The Morgan fingerprint density at radius 1 is 1.56 bits per heavy atom. The van der Waals surface area contributed by atoms with Crippen LogP contribution in [0.2, 0.25) is 0 Å². The van der Waals surface area contributed by atoms with E-state index in [4.69, 9.17) is 0 Å². The topological polar surface area (TPSA) is 40.7 Å². The summed E-state index contributed by atoms with van der Waals surface area (Å²) in [5, 5.41) is 6.77. The highest BCUT2D eigenvalue weighted by molar-refractivity contribution is 7.09. The third-order valence-corrected chi connectivity index (χ3v) is 3.99. The smallest absolute Gasteiger partial charge is 0.112 e. The van der Waals surface area contributed by atoms with Crippen LogP contribution in [0.4, 0.5) is 0 Å². The number of hydrogen-bond donors (Lipinski definition) is 2. The van der Waals surface area contributed by atoms with Crippen LogP contribution in [-0.2, 0) is 12.1 Å². The van der Waals surface area contributed by atoms with Gasteiger partial charge < -0.3 is 10.3 Å². The molecule has 0 saturated heterocycles. The van der Waals surface area contributed by atoms with Crippen molar-refractivity contribution < 1.29 is 0 Å². The second kappa shape index (κ2) is 4.80. The highest BCUT2D eigenvalue weighted by Gasteiger charge is 2.26. The van der Waals surface area contributed by atoms with Crippen molar-refractivity contribution in [3.8, 4) is 0 Å². The van der Waals surface area contributed by atoms with Crippen LogP contribution in [0.1, 0.15) is 30.8 Å². The predicted molar refractivity (Wildman–Crippen MR) is 67.4 cm³/mol. The first-order valence-corrected chi connectivity index (χ1v) is 6.39. The number of thiazole rings is 1. The minimum Gasteiger partial charge on any atom is -0.367 e. The van der Waals surface area contributed by atoms with E-state index in [0.29, 0.717) is 0 Å². The second-order valence-electron chi connectivity index (χ2n) is 4.10. The third-order valence-electron chi connectivity index (χ3n) is 2.96. The SMILES string of the molecule is CCC(C)(NCc1cc[nH]c1)c1nccs1. The van der Waals surface area contributed by atoms with E-state index in [-0.39, 0.29) is 5.54 Å². The summed E-state index contributed by atoms with van der Waals surface area (Å²) in [4.78, 5) is 7.47. The largest absolute Gasteiger partial charge is 0.367 e. The fourth-order valence-corrected chi connectivity index (χ4v) is 2.46. The Labute approximate surface area is 99.9 Å². The number of nitrogens with one attached hydrogen (secondary N) is 2. The first-order valence-electron chi connectivity index (χ1n) is 5.51. The van der Waals surface area contributed by atoms with Crippen LogP contribution in [-0.4, -0.2) is 9.97 Å². The van der Waals surface area contributed by atoms with Crippen molar-refractivity contribution in [3.05, 3.63) is 40.6 Å². The van der Waals surface area contributed by atoms with Gasteiger partial charge in [-0.05, 0) is 25.0 Å². The first kappa shape index (κ1) is 11.4. The fraction of sp³-hybridized carbons (Fsp3) is 0.417. The Bertz CT molecular complexity index is 407. The van der Waals surface area contributed by atoms with Gasteiger partial charge >= 0.3 is 0 Å². The molecule has 0 amide bonds. The maximum Gasteiger partial charge on any atom is 0.112 e. The number of nitrogens with zero attached hydrogens (tertiary/aromatic N) is 1. The summed E-state index contributed by atoms with van der Waals surface area (Å²) < 4.78 is 0. The summed E-state index contributed by atoms with van der Waals surface area (Å²) in [6.45, 7) is 5.26. The van der Waals surface area contributed by atoms with Crippen LogP contribution in [0.3, 0.4) is 0 Å². The average molecular weight is 235 g/mol. The Hall–Kier alpha value is -1.13. The number of aromatic nitrogens is 2. The lowest BCUT2D eigenvalue weighted by Gasteiger charge is -2.27. The van der Waals surface area contributed by atoms with E-state index in [2.05, 4.69) is 35.2 Å². The van der Waals surface area contributed by atoms with Gasteiger partial charge in [-0.25, -0.2) is 4.98 Å². The number of H-pyrrole nitrogens is 1. The van der Waals surface area contributed by atoms with Gasteiger partial charge in [-0.2, -0.15) is 0 Å². The lowest BCUT2D eigenvalue weighted by molar-refractivity contribution is 0.349. The standard InChI is InChI=1S/C12H17N3S/c1-3-12(2,11-14-6-7-16-11)15-9-10-4-5-13-8-10/h4-8,13,15H,3,9H2,1-2H3. The van der Waals surface area contributed by atoms with Gasteiger partial charge in [0.15, 0.2) is 0 Å². The molecule has 2 N–H and O–H groups in total. The summed E-state index contributed by atoms with van der Waals surface area (Å²) in [7, 11) is 0. The highest BCUT2D eigenvalue weighted by atomic mass is 32.1. The Morgan fingerprint density at radius 2 is 2.44 bits per heavy atom. The van der Waals surface area contributed by atoms with E-state index < -0.39 is 0 Å². The van der Waals surface area contributed by atoms with Gasteiger partial charge in [-0.3, -0.25) is 0 Å². The molecule has 2 heterocycles. The molecule has 1 atom stereocenters. The predicted octanol–water partition coefficient (Wildman–Crippen LogP) is 2.89. The molecule has 2 aromatic heterocycles. The van der Waals surface area contributed by atoms with E-state index in [1.807, 2.05) is 24.0 Å². The number of hydrogen-bond acceptors (Lipinski definition) is 3. The minimum absolute atomic E-state index is 0.0224. The maximum atomic E-state index is 4.41. The summed E-state index contributed by atoms with van der Waals surface area (Å²) in [6.07, 6.45) is 6.87. The molecule has 0 spiro atoms. The Morgan fingerprint density at radius 3 is 3.00 bits per heavy atom. The zero-order chi connectivity index (χ0) is 11.4. The van der Waals surface area contributed by atoms with Crippen LogP contribution in [0.15, 0.2) is 30.0 Å². The molecular formula is C12H17N3S. The molecule has 0 fully saturated rings. The van der Waals surface area contributed by atoms with E-state index in [1.165, 1.54) is 5.56 Å². The van der Waals surface area contributed by atoms with E-state index >= 15 is 0 Å². The van der Waals surface area contributed by atoms with Crippen molar-refractivity contribution in [3.63, 3.8) is 0 Å².